The van der Waals surface area contributed by atoms with Crippen LogP contribution in [-0.2, 0) is 22.6 Å². The van der Waals surface area contributed by atoms with E-state index in [9.17, 15) is 4.79 Å². The van der Waals surface area contributed by atoms with Crippen molar-refractivity contribution in [2.24, 2.45) is 5.92 Å². The van der Waals surface area contributed by atoms with E-state index in [1.54, 1.807) is 20.3 Å². The number of carbonyl (C=O) groups is 1. The fourth-order valence-electron chi connectivity index (χ4n) is 3.30. The van der Waals surface area contributed by atoms with Gasteiger partial charge in [-0.15, -0.1) is 0 Å². The Morgan fingerprint density at radius 2 is 1.92 bits per heavy atom. The zero-order valence-corrected chi connectivity index (χ0v) is 15.4. The summed E-state index contributed by atoms with van der Waals surface area (Å²) in [6.07, 6.45) is 3.00. The van der Waals surface area contributed by atoms with Gasteiger partial charge in [-0.3, -0.25) is 4.79 Å². The van der Waals surface area contributed by atoms with Crippen LogP contribution in [-0.4, -0.2) is 49.4 Å². The van der Waals surface area contributed by atoms with Gasteiger partial charge in [-0.1, -0.05) is 12.1 Å². The monoisotopic (exact) mass is 358 g/mol. The number of benzene rings is 1. The van der Waals surface area contributed by atoms with E-state index in [2.05, 4.69) is 16.8 Å². The lowest BCUT2D eigenvalue weighted by atomic mass is 10.1. The van der Waals surface area contributed by atoms with Crippen molar-refractivity contribution in [3.63, 3.8) is 0 Å². The Balaban J connectivity index is 1.67. The molecule has 140 valence electrons. The van der Waals surface area contributed by atoms with Gasteiger partial charge in [0.15, 0.2) is 18.1 Å². The number of carbonyl (C=O) groups excluding carboxylic acids is 1. The topological polar surface area (TPSA) is 52.9 Å². The third-order valence-electron chi connectivity index (χ3n) is 4.71. The van der Waals surface area contributed by atoms with Crippen molar-refractivity contribution in [3.8, 4) is 11.5 Å². The number of hydrogen-bond acceptors (Lipinski definition) is 4. The molecule has 3 rings (SSSR count). The van der Waals surface area contributed by atoms with Gasteiger partial charge >= 0.3 is 0 Å². The largest absolute Gasteiger partial charge is 0.493 e. The number of amides is 1. The summed E-state index contributed by atoms with van der Waals surface area (Å²) in [5, 5.41) is 0. The zero-order chi connectivity index (χ0) is 18.4. The van der Waals surface area contributed by atoms with E-state index in [0.29, 0.717) is 37.1 Å². The van der Waals surface area contributed by atoms with Gasteiger partial charge in [0.1, 0.15) is 0 Å². The highest BCUT2D eigenvalue weighted by atomic mass is 16.5. The predicted octanol–water partition coefficient (Wildman–Crippen LogP) is 2.57. The zero-order valence-electron chi connectivity index (χ0n) is 15.4. The summed E-state index contributed by atoms with van der Waals surface area (Å²) in [6.45, 7) is 2.91. The Morgan fingerprint density at radius 1 is 1.12 bits per heavy atom. The molecule has 26 heavy (non-hydrogen) atoms. The molecule has 1 aliphatic heterocycles. The third kappa shape index (κ3) is 4.38. The average Bonchev–Trinajstić information content (AvgIpc) is 3.02. The van der Waals surface area contributed by atoms with Gasteiger partial charge in [0.2, 0.25) is 0 Å². The minimum absolute atomic E-state index is 0.00191. The molecular formula is C20H26N2O4. The van der Waals surface area contributed by atoms with Gasteiger partial charge in [0, 0.05) is 38.7 Å². The lowest BCUT2D eigenvalue weighted by Gasteiger charge is -2.24. The molecule has 1 aliphatic rings. The Morgan fingerprint density at radius 3 is 2.69 bits per heavy atom. The second-order valence-corrected chi connectivity index (χ2v) is 6.51. The first-order valence-corrected chi connectivity index (χ1v) is 8.87. The van der Waals surface area contributed by atoms with Crippen LogP contribution in [0.4, 0.5) is 0 Å². The minimum Gasteiger partial charge on any atom is -0.493 e. The summed E-state index contributed by atoms with van der Waals surface area (Å²) >= 11 is 0. The van der Waals surface area contributed by atoms with E-state index < -0.39 is 0 Å². The SMILES string of the molecule is COCC[C@@H]1CN(C(=O)COc2ccccc2OC)Cc2cccn2C1. The first-order valence-electron chi connectivity index (χ1n) is 8.87. The standard InChI is InChI=1S/C20H26N2O4/c1-24-11-9-16-12-21-10-5-6-17(21)14-22(13-16)20(23)15-26-19-8-4-3-7-18(19)25-2/h3-8,10,16H,9,11-15H2,1-2H3/t16-/m0/s1. The Kier molecular flexibility index (Phi) is 6.17. The first kappa shape index (κ1) is 18.3. The number of methoxy groups -OCH3 is 2. The van der Waals surface area contributed by atoms with Crippen LogP contribution in [0.2, 0.25) is 0 Å². The van der Waals surface area contributed by atoms with E-state index in [4.69, 9.17) is 14.2 Å². The normalized spacial score (nSPS) is 16.7. The van der Waals surface area contributed by atoms with Gasteiger partial charge in [0.25, 0.3) is 5.91 Å². The Hall–Kier alpha value is -2.47. The van der Waals surface area contributed by atoms with Gasteiger partial charge in [-0.2, -0.15) is 0 Å². The lowest BCUT2D eigenvalue weighted by Crippen LogP contribution is -2.37. The highest BCUT2D eigenvalue weighted by molar-refractivity contribution is 5.78. The molecule has 1 aromatic carbocycles. The minimum atomic E-state index is -0.0204. The summed E-state index contributed by atoms with van der Waals surface area (Å²) in [5.41, 5.74) is 1.15. The van der Waals surface area contributed by atoms with Crippen molar-refractivity contribution >= 4 is 5.91 Å². The average molecular weight is 358 g/mol. The number of rotatable bonds is 7. The Bertz CT molecular complexity index is 728. The van der Waals surface area contributed by atoms with Crippen molar-refractivity contribution in [1.82, 2.24) is 9.47 Å². The molecule has 0 fully saturated rings. The number of para-hydroxylation sites is 2. The number of fused-ring (bicyclic) bond motifs is 1. The summed E-state index contributed by atoms with van der Waals surface area (Å²) in [4.78, 5) is 14.7. The van der Waals surface area contributed by atoms with Crippen LogP contribution in [0.15, 0.2) is 42.6 Å². The molecule has 0 spiro atoms. The highest BCUT2D eigenvalue weighted by Crippen LogP contribution is 2.26. The molecule has 2 aromatic rings. The van der Waals surface area contributed by atoms with Crippen molar-refractivity contribution in [1.29, 1.82) is 0 Å². The van der Waals surface area contributed by atoms with Crippen LogP contribution in [0.1, 0.15) is 12.1 Å². The highest BCUT2D eigenvalue weighted by Gasteiger charge is 2.25. The van der Waals surface area contributed by atoms with Gasteiger partial charge in [-0.25, -0.2) is 0 Å². The molecule has 0 radical (unpaired) electrons. The number of aromatic nitrogens is 1. The van der Waals surface area contributed by atoms with Crippen molar-refractivity contribution in [2.75, 3.05) is 34.0 Å². The maximum Gasteiger partial charge on any atom is 0.260 e. The van der Waals surface area contributed by atoms with E-state index in [-0.39, 0.29) is 12.5 Å². The second-order valence-electron chi connectivity index (χ2n) is 6.51. The van der Waals surface area contributed by atoms with Crippen LogP contribution in [0.25, 0.3) is 0 Å². The second kappa shape index (κ2) is 8.76. The number of hydrogen-bond donors (Lipinski definition) is 0. The molecule has 2 heterocycles. The molecule has 1 atom stereocenters. The third-order valence-corrected chi connectivity index (χ3v) is 4.71. The van der Waals surface area contributed by atoms with E-state index >= 15 is 0 Å². The molecular weight excluding hydrogens is 332 g/mol. The fraction of sp³-hybridized carbons (Fsp3) is 0.450. The van der Waals surface area contributed by atoms with Crippen LogP contribution >= 0.6 is 0 Å². The fourth-order valence-corrected chi connectivity index (χ4v) is 3.30. The first-order chi connectivity index (χ1) is 12.7. The van der Waals surface area contributed by atoms with Crippen molar-refractivity contribution in [2.45, 2.75) is 19.5 Å². The van der Waals surface area contributed by atoms with Gasteiger partial charge in [0.05, 0.1) is 13.7 Å². The Labute approximate surface area is 154 Å². The molecule has 0 unspecified atom stereocenters. The number of ether oxygens (including phenoxy) is 3. The summed E-state index contributed by atoms with van der Waals surface area (Å²) in [7, 11) is 3.30. The van der Waals surface area contributed by atoms with Crippen LogP contribution < -0.4 is 9.47 Å². The molecule has 0 bridgehead atoms. The summed E-state index contributed by atoms with van der Waals surface area (Å²) < 4.78 is 18.5. The quantitative estimate of drug-likeness (QED) is 0.763. The molecule has 6 heteroatoms. The maximum absolute atomic E-state index is 12.8. The summed E-state index contributed by atoms with van der Waals surface area (Å²) in [6, 6.07) is 11.5. The van der Waals surface area contributed by atoms with E-state index in [1.165, 1.54) is 0 Å². The van der Waals surface area contributed by atoms with E-state index in [1.807, 2.05) is 29.2 Å². The van der Waals surface area contributed by atoms with Gasteiger partial charge in [-0.05, 0) is 36.6 Å². The molecule has 1 aromatic heterocycles. The molecule has 0 saturated heterocycles. The lowest BCUT2D eigenvalue weighted by molar-refractivity contribution is -0.134. The van der Waals surface area contributed by atoms with Crippen molar-refractivity contribution < 1.29 is 19.0 Å². The van der Waals surface area contributed by atoms with Crippen LogP contribution in [0.3, 0.4) is 0 Å². The number of nitrogens with zero attached hydrogens (tertiary/aromatic N) is 2. The van der Waals surface area contributed by atoms with Crippen molar-refractivity contribution in [3.05, 3.63) is 48.3 Å². The molecule has 0 saturated carbocycles. The molecule has 0 N–H and O–H groups in total. The molecule has 0 aliphatic carbocycles. The predicted molar refractivity (Wildman–Crippen MR) is 98.3 cm³/mol. The van der Waals surface area contributed by atoms with Crippen LogP contribution in [0, 0.1) is 5.92 Å². The molecule has 1 amide bonds. The smallest absolute Gasteiger partial charge is 0.260 e. The summed E-state index contributed by atoms with van der Waals surface area (Å²) in [5.74, 6) is 1.55. The van der Waals surface area contributed by atoms with Crippen LogP contribution in [0.5, 0.6) is 11.5 Å². The van der Waals surface area contributed by atoms with Gasteiger partial charge < -0.3 is 23.7 Å². The van der Waals surface area contributed by atoms with E-state index in [0.717, 1.165) is 18.7 Å². The molecule has 6 nitrogen and oxygen atoms in total. The maximum atomic E-state index is 12.8.